The molecule has 12 nitrogen and oxygen atoms in total. The molecule has 0 aliphatic carbocycles. The number of halogens is 7. The van der Waals surface area contributed by atoms with Crippen molar-refractivity contribution in [2.75, 3.05) is 0 Å². The van der Waals surface area contributed by atoms with E-state index in [0.29, 0.717) is 33.3 Å². The molecule has 23 heteroatoms. The molecule has 0 unspecified atom stereocenters. The molecule has 26 aromatic rings. The zero-order valence-corrected chi connectivity index (χ0v) is 86.6. The van der Waals surface area contributed by atoms with E-state index >= 15 is 0 Å². The van der Waals surface area contributed by atoms with Gasteiger partial charge >= 0.3 is 0 Å². The predicted molar refractivity (Wildman–Crippen MR) is 554 cm³/mol. The van der Waals surface area contributed by atoms with Gasteiger partial charge in [-0.05, 0) is 138 Å². The monoisotopic (exact) mass is 2630 g/mol. The maximum atomic E-state index is 13.8. The van der Waals surface area contributed by atoms with Crippen molar-refractivity contribution in [1.29, 1.82) is 0 Å². The molecule has 0 aliphatic heterocycles. The minimum Gasteiger partial charge on any atom is -0.305 e. The van der Waals surface area contributed by atoms with E-state index in [1.807, 2.05) is 310 Å². The van der Waals surface area contributed by atoms with E-state index < -0.39 is 34.9 Å². The summed E-state index contributed by atoms with van der Waals surface area (Å²) in [5.41, 5.74) is 13.1. The van der Waals surface area contributed by atoms with Crippen LogP contribution in [-0.4, -0.2) is 59.8 Å². The molecule has 147 heavy (non-hydrogen) atoms. The Bertz CT molecular complexity index is 8650. The fourth-order valence-corrected chi connectivity index (χ4v) is 15.9. The van der Waals surface area contributed by atoms with Gasteiger partial charge in [-0.15, -0.1) is 251 Å². The molecule has 0 N–H and O–H groups in total. The van der Waals surface area contributed by atoms with E-state index in [9.17, 15) is 30.7 Å². The second kappa shape index (κ2) is 50.7. The minimum absolute atomic E-state index is 0. The van der Waals surface area contributed by atoms with Crippen LogP contribution in [0.2, 0.25) is 0 Å². The topological polar surface area (TPSA) is 155 Å². The Morgan fingerprint density at radius 3 is 0.993 bits per heavy atom. The first-order chi connectivity index (χ1) is 70.3. The Balaban J connectivity index is 0.000000127. The number of benzene rings is 18. The number of hydrogen-bond donors (Lipinski definition) is 0. The summed E-state index contributed by atoms with van der Waals surface area (Å²) in [5, 5.41) is 14.9. The Labute approximate surface area is 895 Å². The first kappa shape index (κ1) is 105. The molecule has 0 spiro atoms. The van der Waals surface area contributed by atoms with Gasteiger partial charge in [0.05, 0.1) is 45.4 Å². The van der Waals surface area contributed by atoms with E-state index in [4.69, 9.17) is 0 Å². The zero-order valence-electron chi connectivity index (χ0n) is 77.0. The quantitative estimate of drug-likeness (QED) is 0.0808. The molecule has 0 bridgehead atoms. The Kier molecular flexibility index (Phi) is 36.2. The van der Waals surface area contributed by atoms with Crippen LogP contribution in [-0.2, 0) is 80.4 Å². The number of nitrogens with zero attached hydrogens (tertiary/aromatic N) is 12. The predicted octanol–water partition coefficient (Wildman–Crippen LogP) is 30.5. The van der Waals surface area contributed by atoms with Crippen molar-refractivity contribution in [3.05, 3.63) is 533 Å². The van der Waals surface area contributed by atoms with Gasteiger partial charge in [0.2, 0.25) is 0 Å². The summed E-state index contributed by atoms with van der Waals surface area (Å²) in [4.78, 5) is 52.4. The number of hydrogen-bond acceptors (Lipinski definition) is 12. The summed E-state index contributed by atoms with van der Waals surface area (Å²) in [6.07, 6.45) is 14.0. The van der Waals surface area contributed by atoms with Gasteiger partial charge in [0.1, 0.15) is 17.5 Å². The molecule has 0 aliphatic rings. The van der Waals surface area contributed by atoms with Crippen molar-refractivity contribution in [2.45, 2.75) is 0 Å². The van der Waals surface area contributed by atoms with Gasteiger partial charge in [-0.2, -0.15) is 0 Å². The van der Waals surface area contributed by atoms with E-state index in [-0.39, 0.29) is 109 Å². The number of aromatic nitrogens is 12. The Hall–Kier alpha value is -16.4. The van der Waals surface area contributed by atoms with Crippen molar-refractivity contribution < 1.29 is 111 Å². The molecule has 26 rings (SSSR count). The SMILES string of the molecule is Fc1[c-]c(-c2ncc3c(ccc4ccccc43)n2)cc(F)c1.Fc1[c-]c(-c2ncc3ccc4ccccc4c3n2)cc(F)c1.Fc1cc(F)c2ccc3nc(-c4[c-]cccc4)ncc3c2c1.Fc1ccc2c(ccc3cnc(-c4[c-]cccc4)nc32)c1.[Ir].[Ir].[Ir].[Ir].[c-]1ccccc1-c1ccccn1.[c-]1ccccc1-c1ccccn1.[c-]1ccccc1-c1nccc2ccccc12.[c-]1ccccc1-c1nccc2ccccc12. The second-order valence-electron chi connectivity index (χ2n) is 32.0. The van der Waals surface area contributed by atoms with E-state index in [1.165, 1.54) is 51.9 Å². The molecule has 18 aromatic carbocycles. The maximum Gasteiger partial charge on any atom is 0.133 e. The van der Waals surface area contributed by atoms with E-state index in [2.05, 4.69) is 133 Å². The summed E-state index contributed by atoms with van der Waals surface area (Å²) in [5.74, 6) is -2.66. The summed E-state index contributed by atoms with van der Waals surface area (Å²) in [7, 11) is 0. The number of pyridine rings is 4. The van der Waals surface area contributed by atoms with Crippen LogP contribution < -0.4 is 0 Å². The molecule has 0 amide bonds. The molecular formula is C124H73F7Ir4N12-8. The van der Waals surface area contributed by atoms with Gasteiger partial charge in [0, 0.05) is 197 Å². The summed E-state index contributed by atoms with van der Waals surface area (Å²) in [6.45, 7) is 0. The molecule has 0 saturated heterocycles. The maximum absolute atomic E-state index is 13.8. The number of fused-ring (bicyclic) bond motifs is 14. The van der Waals surface area contributed by atoms with Crippen LogP contribution in [0.4, 0.5) is 30.7 Å². The van der Waals surface area contributed by atoms with Gasteiger partial charge in [0.15, 0.2) is 0 Å². The Morgan fingerprint density at radius 2 is 0.537 bits per heavy atom. The largest absolute Gasteiger partial charge is 0.305 e. The zero-order chi connectivity index (χ0) is 97.6. The van der Waals surface area contributed by atoms with Crippen molar-refractivity contribution >= 4 is 108 Å². The number of rotatable bonds is 8. The molecule has 0 atom stereocenters. The third-order valence-electron chi connectivity index (χ3n) is 22.7. The van der Waals surface area contributed by atoms with Crippen molar-refractivity contribution in [1.82, 2.24) is 59.8 Å². The van der Waals surface area contributed by atoms with Gasteiger partial charge < -0.3 is 19.9 Å². The molecule has 8 aromatic heterocycles. The fraction of sp³-hybridized carbons (Fsp3) is 0. The van der Waals surface area contributed by atoms with Crippen molar-refractivity contribution in [3.63, 3.8) is 0 Å². The molecule has 8 heterocycles. The third kappa shape index (κ3) is 26.0. The van der Waals surface area contributed by atoms with E-state index in [0.717, 1.165) is 139 Å². The van der Waals surface area contributed by atoms with Crippen LogP contribution in [0.25, 0.3) is 199 Å². The van der Waals surface area contributed by atoms with Gasteiger partial charge in [-0.3, -0.25) is 39.9 Å². The molecule has 0 fully saturated rings. The van der Waals surface area contributed by atoms with Crippen LogP contribution >= 0.6 is 0 Å². The van der Waals surface area contributed by atoms with Crippen LogP contribution in [0, 0.1) is 89.3 Å². The van der Waals surface area contributed by atoms with Gasteiger partial charge in [-0.1, -0.05) is 164 Å². The van der Waals surface area contributed by atoms with Crippen molar-refractivity contribution in [2.24, 2.45) is 0 Å². The normalized spacial score (nSPS) is 10.5. The third-order valence-corrected chi connectivity index (χ3v) is 22.7. The van der Waals surface area contributed by atoms with Gasteiger partial charge in [-0.25, -0.2) is 30.7 Å². The van der Waals surface area contributed by atoms with E-state index in [1.54, 1.807) is 61.4 Å². The minimum atomic E-state index is -0.767. The molecule has 722 valence electrons. The fourth-order valence-electron chi connectivity index (χ4n) is 15.9. The van der Waals surface area contributed by atoms with Crippen LogP contribution in [0.3, 0.4) is 0 Å². The standard InChI is InChI=1S/3C18H9F2N2.C18H10FN2.2C15H10N.2C11H8N.4Ir/c19-13-7-12(8-14(20)9-13)18-21-10-16-15-4-2-1-3-11(15)5-6-17(16)22-18;19-14-7-13(8-15(20)9-14)18-21-10-12-6-5-11-3-1-2-4-16(11)17(12)22-18;19-12-8-14-13(16(20)9-12)6-7-17-15(14)10-21-18(22-17)11-4-2-1-3-5-11;19-15-8-9-16-13(10-15)6-7-14-11-20-18(21-17(14)16)12-4-2-1-3-5-12;2*1-2-7-13(8-3-1)15-14-9-5-4-6-12(14)10-11-16-15;2*1-2-6-10(7-3-1)11-8-4-5-9-12-11;;;;/h2*1-7,9-10H;1-4,6-10H;1-4,6-11H;2*1-7,9-11H;2*1-6,8-9H;;;;/q8*-1;;;;. The molecule has 0 saturated carbocycles. The summed E-state index contributed by atoms with van der Waals surface area (Å²) >= 11 is 0. The first-order valence-electron chi connectivity index (χ1n) is 45.1. The van der Waals surface area contributed by atoms with Gasteiger partial charge in [0.25, 0.3) is 0 Å². The average molecular weight is 2630 g/mol. The summed E-state index contributed by atoms with van der Waals surface area (Å²) in [6, 6.07) is 144. The molecular weight excluding hydrogens is 2560 g/mol. The second-order valence-corrected chi connectivity index (χ2v) is 32.0. The van der Waals surface area contributed by atoms with Crippen LogP contribution in [0.1, 0.15) is 0 Å². The molecule has 4 radical (unpaired) electrons. The average Bonchev–Trinajstić information content (AvgIpc) is 0.765. The summed E-state index contributed by atoms with van der Waals surface area (Å²) < 4.78 is 94.0. The van der Waals surface area contributed by atoms with Crippen molar-refractivity contribution in [3.8, 4) is 90.6 Å². The van der Waals surface area contributed by atoms with Crippen LogP contribution in [0.5, 0.6) is 0 Å². The Morgan fingerprint density at radius 1 is 0.190 bits per heavy atom. The first-order valence-corrected chi connectivity index (χ1v) is 45.1. The van der Waals surface area contributed by atoms with Crippen LogP contribution in [0.15, 0.2) is 444 Å². The smallest absolute Gasteiger partial charge is 0.133 e.